The first-order valence-electron chi connectivity index (χ1n) is 6.35. The average molecular weight is 283 g/mol. The van der Waals surface area contributed by atoms with E-state index >= 15 is 0 Å². The Hall–Kier alpha value is -1.10. The molecule has 1 saturated heterocycles. The first kappa shape index (κ1) is 14.3. The molecule has 1 heterocycles. The fourth-order valence-corrected chi connectivity index (χ4v) is 2.81. The third-order valence-electron chi connectivity index (χ3n) is 3.40. The molecule has 1 N–H and O–H groups in total. The van der Waals surface area contributed by atoms with Gasteiger partial charge in [-0.1, -0.05) is 11.6 Å². The lowest BCUT2D eigenvalue weighted by atomic mass is 10.1. The zero-order valence-corrected chi connectivity index (χ0v) is 12.0. The van der Waals surface area contributed by atoms with Crippen LogP contribution in [0.4, 0.5) is 5.69 Å². The van der Waals surface area contributed by atoms with Gasteiger partial charge in [0.2, 0.25) is 0 Å². The van der Waals surface area contributed by atoms with Crippen LogP contribution < -0.4 is 4.90 Å². The van der Waals surface area contributed by atoms with Gasteiger partial charge in [-0.2, -0.15) is 0 Å². The van der Waals surface area contributed by atoms with Gasteiger partial charge in [0, 0.05) is 35.4 Å². The maximum absolute atomic E-state index is 11.2. The van der Waals surface area contributed by atoms with Gasteiger partial charge in [-0.25, -0.2) is 0 Å². The maximum Gasteiger partial charge on any atom is 0.152 e. The molecular formula is C14H19ClN2O2. The van der Waals surface area contributed by atoms with Gasteiger partial charge in [-0.3, -0.25) is 4.79 Å². The Morgan fingerprint density at radius 1 is 1.53 bits per heavy atom. The predicted octanol–water partition coefficient (Wildman–Crippen LogP) is 1.65. The first-order valence-corrected chi connectivity index (χ1v) is 6.73. The van der Waals surface area contributed by atoms with Crippen molar-refractivity contribution in [2.75, 3.05) is 32.1 Å². The molecule has 0 radical (unpaired) electrons. The van der Waals surface area contributed by atoms with Crippen molar-refractivity contribution in [3.63, 3.8) is 0 Å². The van der Waals surface area contributed by atoms with E-state index in [4.69, 9.17) is 11.6 Å². The number of nitrogens with zero attached hydrogens (tertiary/aromatic N) is 2. The van der Waals surface area contributed by atoms with Crippen LogP contribution in [0.3, 0.4) is 0 Å². The lowest BCUT2D eigenvalue weighted by Gasteiger charge is -2.29. The Morgan fingerprint density at radius 3 is 2.89 bits per heavy atom. The second-order valence-corrected chi connectivity index (χ2v) is 5.72. The van der Waals surface area contributed by atoms with Crippen LogP contribution in [-0.2, 0) is 0 Å². The van der Waals surface area contributed by atoms with Crippen molar-refractivity contribution in [2.45, 2.75) is 18.6 Å². The van der Waals surface area contributed by atoms with Gasteiger partial charge in [0.25, 0.3) is 0 Å². The van der Waals surface area contributed by atoms with E-state index in [0.29, 0.717) is 23.6 Å². The number of anilines is 1. The van der Waals surface area contributed by atoms with Crippen molar-refractivity contribution in [1.29, 1.82) is 0 Å². The first-order chi connectivity index (χ1) is 9.01. The summed E-state index contributed by atoms with van der Waals surface area (Å²) in [6.45, 7) is 1.38. The lowest BCUT2D eigenvalue weighted by Crippen LogP contribution is -2.38. The molecule has 5 heteroatoms. The van der Waals surface area contributed by atoms with E-state index in [0.717, 1.165) is 18.5 Å². The molecule has 0 aromatic heterocycles. The number of hydrogen-bond donors (Lipinski definition) is 1. The minimum absolute atomic E-state index is 0.196. The molecule has 2 atom stereocenters. The van der Waals surface area contributed by atoms with Crippen LogP contribution in [0.25, 0.3) is 0 Å². The molecule has 2 unspecified atom stereocenters. The molecule has 4 nitrogen and oxygen atoms in total. The Bertz CT molecular complexity index is 465. The summed E-state index contributed by atoms with van der Waals surface area (Å²) in [7, 11) is 4.00. The third kappa shape index (κ3) is 3.26. The number of benzene rings is 1. The zero-order valence-electron chi connectivity index (χ0n) is 11.2. The number of halogens is 1. The number of carbonyl (C=O) groups is 1. The molecule has 19 heavy (non-hydrogen) atoms. The monoisotopic (exact) mass is 282 g/mol. The predicted molar refractivity (Wildman–Crippen MR) is 77.2 cm³/mol. The molecule has 0 spiro atoms. The Kier molecular flexibility index (Phi) is 4.45. The number of hydrogen-bond acceptors (Lipinski definition) is 4. The summed E-state index contributed by atoms with van der Waals surface area (Å²) in [6.07, 6.45) is 1.19. The molecule has 0 bridgehead atoms. The number of β-amino-alcohol motifs (C(OH)–C–C–N with tert-alkyl or cyclic N) is 1. The highest BCUT2D eigenvalue weighted by atomic mass is 35.5. The van der Waals surface area contributed by atoms with E-state index in [2.05, 4.69) is 9.80 Å². The van der Waals surface area contributed by atoms with Crippen LogP contribution in [0.5, 0.6) is 0 Å². The highest BCUT2D eigenvalue weighted by Gasteiger charge is 2.32. The van der Waals surface area contributed by atoms with E-state index in [-0.39, 0.29) is 12.1 Å². The summed E-state index contributed by atoms with van der Waals surface area (Å²) in [4.78, 5) is 15.3. The minimum atomic E-state index is -0.358. The second kappa shape index (κ2) is 5.90. The van der Waals surface area contributed by atoms with Gasteiger partial charge in [0.05, 0.1) is 6.10 Å². The summed E-state index contributed by atoms with van der Waals surface area (Å²) < 4.78 is 0. The van der Waals surface area contributed by atoms with Gasteiger partial charge in [0.1, 0.15) is 0 Å². The Labute approximate surface area is 118 Å². The van der Waals surface area contributed by atoms with Crippen molar-refractivity contribution < 1.29 is 9.90 Å². The van der Waals surface area contributed by atoms with Crippen molar-refractivity contribution in [3.8, 4) is 0 Å². The molecule has 0 saturated carbocycles. The summed E-state index contributed by atoms with van der Waals surface area (Å²) in [5.41, 5.74) is 1.42. The summed E-state index contributed by atoms with van der Waals surface area (Å²) in [6, 6.07) is 5.43. The van der Waals surface area contributed by atoms with Crippen LogP contribution in [-0.4, -0.2) is 55.6 Å². The zero-order chi connectivity index (χ0) is 14.0. The van der Waals surface area contributed by atoms with Crippen molar-refractivity contribution >= 4 is 23.6 Å². The van der Waals surface area contributed by atoms with Gasteiger partial charge >= 0.3 is 0 Å². The molecule has 1 fully saturated rings. The number of carbonyl (C=O) groups excluding carboxylic acids is 1. The van der Waals surface area contributed by atoms with Crippen molar-refractivity contribution in [1.82, 2.24) is 4.90 Å². The standard InChI is InChI=1S/C14H19ClN2O2/c1-16(2)7-12-6-13(19)8-17(12)14-5-11(15)4-3-10(14)9-18/h3-5,9,12-13,19H,6-8H2,1-2H3. The second-order valence-electron chi connectivity index (χ2n) is 5.28. The van der Waals surface area contributed by atoms with Crippen LogP contribution in [0, 0.1) is 0 Å². The quantitative estimate of drug-likeness (QED) is 0.853. The molecule has 1 aromatic carbocycles. The van der Waals surface area contributed by atoms with Gasteiger partial charge in [-0.05, 0) is 38.7 Å². The Morgan fingerprint density at radius 2 is 2.26 bits per heavy atom. The van der Waals surface area contributed by atoms with Crippen LogP contribution in [0.1, 0.15) is 16.8 Å². The SMILES string of the molecule is CN(C)CC1CC(O)CN1c1cc(Cl)ccc1C=O. The maximum atomic E-state index is 11.2. The molecule has 104 valence electrons. The number of aldehydes is 1. The van der Waals surface area contributed by atoms with E-state index in [9.17, 15) is 9.90 Å². The normalized spacial score (nSPS) is 23.1. The Balaban J connectivity index is 2.32. The van der Waals surface area contributed by atoms with Crippen molar-refractivity contribution in [3.05, 3.63) is 28.8 Å². The van der Waals surface area contributed by atoms with Gasteiger partial charge in [-0.15, -0.1) is 0 Å². The van der Waals surface area contributed by atoms with E-state index in [1.807, 2.05) is 14.1 Å². The molecule has 2 rings (SSSR count). The number of likely N-dealkylation sites (N-methyl/N-ethyl adjacent to an activating group) is 1. The third-order valence-corrected chi connectivity index (χ3v) is 3.63. The topological polar surface area (TPSA) is 43.8 Å². The van der Waals surface area contributed by atoms with E-state index in [1.165, 1.54) is 0 Å². The van der Waals surface area contributed by atoms with Crippen LogP contribution in [0.15, 0.2) is 18.2 Å². The highest BCUT2D eigenvalue weighted by Crippen LogP contribution is 2.30. The number of rotatable bonds is 4. The fraction of sp³-hybridized carbons (Fsp3) is 0.500. The number of aliphatic hydroxyl groups excluding tert-OH is 1. The fourth-order valence-electron chi connectivity index (χ4n) is 2.65. The summed E-state index contributed by atoms with van der Waals surface area (Å²) in [5, 5.41) is 10.5. The average Bonchev–Trinajstić information content (AvgIpc) is 2.69. The lowest BCUT2D eigenvalue weighted by molar-refractivity contribution is 0.112. The van der Waals surface area contributed by atoms with Crippen LogP contribution in [0.2, 0.25) is 5.02 Å². The van der Waals surface area contributed by atoms with Gasteiger partial charge in [0.15, 0.2) is 6.29 Å². The van der Waals surface area contributed by atoms with Crippen LogP contribution >= 0.6 is 11.6 Å². The molecule has 1 aliphatic heterocycles. The molecular weight excluding hydrogens is 264 g/mol. The highest BCUT2D eigenvalue weighted by molar-refractivity contribution is 6.31. The molecule has 1 aromatic rings. The summed E-state index contributed by atoms with van der Waals surface area (Å²) >= 11 is 6.03. The minimum Gasteiger partial charge on any atom is -0.391 e. The van der Waals surface area contributed by atoms with Crippen molar-refractivity contribution in [2.24, 2.45) is 0 Å². The number of aliphatic hydroxyl groups is 1. The molecule has 0 aliphatic carbocycles. The van der Waals surface area contributed by atoms with Gasteiger partial charge < -0.3 is 14.9 Å². The van der Waals surface area contributed by atoms with E-state index < -0.39 is 0 Å². The molecule has 1 aliphatic rings. The van der Waals surface area contributed by atoms with E-state index in [1.54, 1.807) is 18.2 Å². The molecule has 0 amide bonds. The smallest absolute Gasteiger partial charge is 0.152 e. The largest absolute Gasteiger partial charge is 0.391 e. The summed E-state index contributed by atoms with van der Waals surface area (Å²) in [5.74, 6) is 0.